The van der Waals surface area contributed by atoms with Crippen molar-refractivity contribution in [3.05, 3.63) is 43.8 Å². The molecule has 3 heterocycles. The highest BCUT2D eigenvalue weighted by atomic mass is 32.2. The van der Waals surface area contributed by atoms with Crippen molar-refractivity contribution in [3.8, 4) is 0 Å². The molecule has 0 radical (unpaired) electrons. The Morgan fingerprint density at radius 2 is 2.12 bits per heavy atom. The number of aryl methyl sites for hydroxylation is 2. The van der Waals surface area contributed by atoms with Crippen LogP contribution >= 0.6 is 22.7 Å². The molecule has 0 N–H and O–H groups in total. The van der Waals surface area contributed by atoms with Crippen LogP contribution < -0.4 is 0 Å². The zero-order chi connectivity index (χ0) is 17.4. The number of hydrogen-bond donors (Lipinski definition) is 0. The predicted octanol–water partition coefficient (Wildman–Crippen LogP) is 3.52. The van der Waals surface area contributed by atoms with Gasteiger partial charge in [-0.3, -0.25) is 4.79 Å². The van der Waals surface area contributed by atoms with Crippen molar-refractivity contribution in [2.45, 2.75) is 44.7 Å². The number of fused-ring (bicyclic) bond motifs is 1. The monoisotopic (exact) mass is 395 g/mol. The first kappa shape index (κ1) is 17.2. The van der Waals surface area contributed by atoms with Gasteiger partial charge in [-0.25, -0.2) is 8.42 Å². The van der Waals surface area contributed by atoms with Crippen molar-refractivity contribution in [1.29, 1.82) is 0 Å². The zero-order valence-electron chi connectivity index (χ0n) is 13.9. The highest BCUT2D eigenvalue weighted by Crippen LogP contribution is 2.32. The van der Waals surface area contributed by atoms with Crippen LogP contribution in [0.4, 0.5) is 0 Å². The second kappa shape index (κ2) is 6.85. The van der Waals surface area contributed by atoms with E-state index in [1.807, 2.05) is 23.6 Å². The molecule has 1 atom stereocenters. The molecular weight excluding hydrogens is 374 g/mol. The van der Waals surface area contributed by atoms with Crippen LogP contribution in [0.2, 0.25) is 0 Å². The van der Waals surface area contributed by atoms with Gasteiger partial charge in [0.1, 0.15) is 0 Å². The van der Waals surface area contributed by atoms with Crippen molar-refractivity contribution < 1.29 is 13.2 Å². The molecule has 0 spiro atoms. The number of carbonyl (C=O) groups excluding carboxylic acids is 1. The Morgan fingerprint density at radius 3 is 2.80 bits per heavy atom. The third-order valence-electron chi connectivity index (χ3n) is 5.02. The molecule has 1 saturated heterocycles. The quantitative estimate of drug-likeness (QED) is 0.796. The zero-order valence-corrected chi connectivity index (χ0v) is 16.4. The minimum atomic E-state index is -3.02. The maximum Gasteiger partial charge on any atom is 0.264 e. The first-order valence-electron chi connectivity index (χ1n) is 8.67. The average molecular weight is 396 g/mol. The third-order valence-corrected chi connectivity index (χ3v) is 8.86. The van der Waals surface area contributed by atoms with Crippen LogP contribution in [0.15, 0.2) is 23.6 Å². The maximum absolute atomic E-state index is 13.2. The lowest BCUT2D eigenvalue weighted by Gasteiger charge is -2.27. The van der Waals surface area contributed by atoms with E-state index in [1.165, 1.54) is 23.3 Å². The molecule has 4 rings (SSSR count). The summed E-state index contributed by atoms with van der Waals surface area (Å²) in [4.78, 5) is 18.2. The fraction of sp³-hybridized carbons (Fsp3) is 0.500. The van der Waals surface area contributed by atoms with Gasteiger partial charge in [0.05, 0.1) is 22.9 Å². The highest BCUT2D eigenvalue weighted by Gasteiger charge is 2.36. The van der Waals surface area contributed by atoms with E-state index < -0.39 is 9.84 Å². The van der Waals surface area contributed by atoms with Crippen LogP contribution in [0.5, 0.6) is 0 Å². The number of carbonyl (C=O) groups is 1. The second-order valence-electron chi connectivity index (χ2n) is 6.84. The fourth-order valence-corrected chi connectivity index (χ4v) is 7.34. The van der Waals surface area contributed by atoms with Gasteiger partial charge < -0.3 is 4.90 Å². The molecule has 4 nitrogen and oxygen atoms in total. The van der Waals surface area contributed by atoms with Gasteiger partial charge in [-0.05, 0) is 55.2 Å². The van der Waals surface area contributed by atoms with Gasteiger partial charge >= 0.3 is 0 Å². The molecule has 1 fully saturated rings. The summed E-state index contributed by atoms with van der Waals surface area (Å²) in [6.45, 7) is 0.499. The van der Waals surface area contributed by atoms with Gasteiger partial charge in [0, 0.05) is 15.8 Å². The minimum absolute atomic E-state index is 0.00472. The molecular formula is C18H21NO3S3. The van der Waals surface area contributed by atoms with E-state index in [-0.39, 0.29) is 23.5 Å². The van der Waals surface area contributed by atoms with E-state index in [4.69, 9.17) is 0 Å². The normalized spacial score (nSPS) is 21.8. The molecule has 7 heteroatoms. The van der Waals surface area contributed by atoms with Crippen molar-refractivity contribution in [2.75, 3.05) is 11.5 Å². The van der Waals surface area contributed by atoms with E-state index in [1.54, 1.807) is 27.6 Å². The summed E-state index contributed by atoms with van der Waals surface area (Å²) < 4.78 is 23.9. The largest absolute Gasteiger partial charge is 0.329 e. The molecule has 1 aliphatic heterocycles. The van der Waals surface area contributed by atoms with Gasteiger partial charge in [-0.15, -0.1) is 22.7 Å². The molecule has 2 aromatic rings. The molecule has 0 bridgehead atoms. The third kappa shape index (κ3) is 3.68. The topological polar surface area (TPSA) is 54.5 Å². The van der Waals surface area contributed by atoms with Gasteiger partial charge in [-0.1, -0.05) is 6.07 Å². The van der Waals surface area contributed by atoms with Crippen LogP contribution in [-0.4, -0.2) is 36.8 Å². The van der Waals surface area contributed by atoms with Crippen molar-refractivity contribution >= 4 is 38.4 Å². The van der Waals surface area contributed by atoms with E-state index in [9.17, 15) is 13.2 Å². The van der Waals surface area contributed by atoms with Crippen LogP contribution in [0.3, 0.4) is 0 Å². The van der Waals surface area contributed by atoms with E-state index in [2.05, 4.69) is 0 Å². The van der Waals surface area contributed by atoms with E-state index in [0.717, 1.165) is 22.6 Å². The van der Waals surface area contributed by atoms with Crippen LogP contribution in [0.25, 0.3) is 0 Å². The molecule has 1 aliphatic carbocycles. The second-order valence-corrected chi connectivity index (χ2v) is 11.2. The summed E-state index contributed by atoms with van der Waals surface area (Å²) in [6, 6.07) is 5.82. The molecule has 0 unspecified atom stereocenters. The Hall–Kier alpha value is -1.18. The summed E-state index contributed by atoms with van der Waals surface area (Å²) >= 11 is 3.22. The molecule has 0 aromatic carbocycles. The minimum Gasteiger partial charge on any atom is -0.329 e. The molecule has 1 amide bonds. The SMILES string of the molecule is O=C(c1cc2c(s1)CCCC2)N(Cc1cccs1)[C@@H]1CCS(=O)(=O)C1. The molecule has 25 heavy (non-hydrogen) atoms. The van der Waals surface area contributed by atoms with Gasteiger partial charge in [0.25, 0.3) is 5.91 Å². The van der Waals surface area contributed by atoms with Crippen molar-refractivity contribution in [1.82, 2.24) is 4.90 Å². The average Bonchev–Trinajstić information content (AvgIpc) is 3.30. The lowest BCUT2D eigenvalue weighted by molar-refractivity contribution is 0.0688. The summed E-state index contributed by atoms with van der Waals surface area (Å²) in [5, 5.41) is 1.99. The van der Waals surface area contributed by atoms with Crippen LogP contribution in [0.1, 0.15) is 44.3 Å². The lowest BCUT2D eigenvalue weighted by atomic mass is 9.99. The van der Waals surface area contributed by atoms with Crippen molar-refractivity contribution in [2.24, 2.45) is 0 Å². The predicted molar refractivity (Wildman–Crippen MR) is 102 cm³/mol. The summed E-state index contributed by atoms with van der Waals surface area (Å²) in [5.74, 6) is 0.275. The number of amides is 1. The molecule has 2 aliphatic rings. The maximum atomic E-state index is 13.2. The van der Waals surface area contributed by atoms with Gasteiger partial charge in [-0.2, -0.15) is 0 Å². The van der Waals surface area contributed by atoms with Gasteiger partial charge in [0.2, 0.25) is 0 Å². The Labute approximate surface area is 156 Å². The Morgan fingerprint density at radius 1 is 1.28 bits per heavy atom. The number of rotatable bonds is 4. The van der Waals surface area contributed by atoms with Crippen molar-refractivity contribution in [3.63, 3.8) is 0 Å². The number of hydrogen-bond acceptors (Lipinski definition) is 5. The first-order chi connectivity index (χ1) is 12.0. The molecule has 0 saturated carbocycles. The Kier molecular flexibility index (Phi) is 4.73. The summed E-state index contributed by atoms with van der Waals surface area (Å²) in [5.41, 5.74) is 1.31. The fourth-order valence-electron chi connectivity index (χ4n) is 3.70. The lowest BCUT2D eigenvalue weighted by Crippen LogP contribution is -2.40. The number of thiophene rings is 2. The molecule has 134 valence electrons. The Bertz CT molecular complexity index is 844. The van der Waals surface area contributed by atoms with Gasteiger partial charge in [0.15, 0.2) is 9.84 Å². The molecule has 2 aromatic heterocycles. The van der Waals surface area contributed by atoms with E-state index in [0.29, 0.717) is 13.0 Å². The Balaban J connectivity index is 1.62. The number of sulfone groups is 1. The van der Waals surface area contributed by atoms with Crippen LogP contribution in [-0.2, 0) is 29.2 Å². The summed E-state index contributed by atoms with van der Waals surface area (Å²) in [6.07, 6.45) is 5.06. The van der Waals surface area contributed by atoms with Crippen LogP contribution in [0, 0.1) is 0 Å². The highest BCUT2D eigenvalue weighted by molar-refractivity contribution is 7.91. The first-order valence-corrected chi connectivity index (χ1v) is 12.2. The number of nitrogens with zero attached hydrogens (tertiary/aromatic N) is 1. The smallest absolute Gasteiger partial charge is 0.264 e. The summed E-state index contributed by atoms with van der Waals surface area (Å²) in [7, 11) is -3.02. The standard InChI is InChI=1S/C18H21NO3S3/c20-18(17-10-13-4-1-2-6-16(13)24-17)19(11-15-5-3-8-23-15)14-7-9-25(21,22)12-14/h3,5,8,10,14H,1-2,4,6-7,9,11-12H2/t14-/m1/s1. The van der Waals surface area contributed by atoms with E-state index >= 15 is 0 Å².